The Kier molecular flexibility index (Phi) is 4.35. The largest absolute Gasteiger partial charge is 0.332 e. The van der Waals surface area contributed by atoms with Gasteiger partial charge in [0.25, 0.3) is 0 Å². The Morgan fingerprint density at radius 2 is 1.48 bits per heavy atom. The molecule has 0 saturated heterocycles. The van der Waals surface area contributed by atoms with Crippen molar-refractivity contribution in [2.45, 2.75) is 12.8 Å². The average molecular weight is 300 g/mol. The molecule has 6 heteroatoms. The third-order valence-electron chi connectivity index (χ3n) is 3.01. The predicted octanol–water partition coefficient (Wildman–Crippen LogP) is 4.14. The molecule has 0 N–H and O–H groups in total. The van der Waals surface area contributed by atoms with Crippen molar-refractivity contribution in [3.05, 3.63) is 70.3 Å². The van der Waals surface area contributed by atoms with E-state index < -0.39 is 34.9 Å². The van der Waals surface area contributed by atoms with Gasteiger partial charge in [-0.05, 0) is 48.2 Å². The lowest BCUT2D eigenvalue weighted by Crippen LogP contribution is -2.00. The van der Waals surface area contributed by atoms with Crippen molar-refractivity contribution in [1.82, 2.24) is 0 Å². The normalized spacial score (nSPS) is 10.7. The van der Waals surface area contributed by atoms with E-state index >= 15 is 0 Å². The van der Waals surface area contributed by atoms with Crippen molar-refractivity contribution in [1.29, 1.82) is 0 Å². The Labute approximate surface area is 117 Å². The van der Waals surface area contributed by atoms with E-state index in [1.54, 1.807) is 0 Å². The van der Waals surface area contributed by atoms with E-state index in [2.05, 4.69) is 0 Å². The standard InChI is InChI=1S/C15H9F5O/c16-11-7-10(15(20)21)4-3-9(11)2-1-8-5-12(17)14(19)13(18)6-8/h3-7H,1-2H2. The number of benzene rings is 2. The Morgan fingerprint density at radius 1 is 0.857 bits per heavy atom. The molecule has 0 atom stereocenters. The molecular formula is C15H9F5O. The summed E-state index contributed by atoms with van der Waals surface area (Å²) in [5, 5.41) is 0. The van der Waals surface area contributed by atoms with Crippen LogP contribution in [0, 0.1) is 23.3 Å². The smallest absolute Gasteiger partial charge is 0.255 e. The highest BCUT2D eigenvalue weighted by atomic mass is 19.2. The zero-order valence-corrected chi connectivity index (χ0v) is 10.6. The fourth-order valence-corrected chi connectivity index (χ4v) is 1.90. The number of hydrogen-bond donors (Lipinski definition) is 0. The molecule has 0 aliphatic heterocycles. The topological polar surface area (TPSA) is 17.1 Å². The summed E-state index contributed by atoms with van der Waals surface area (Å²) in [7, 11) is 0. The molecule has 0 fully saturated rings. The first-order chi connectivity index (χ1) is 9.88. The molecule has 0 unspecified atom stereocenters. The third-order valence-corrected chi connectivity index (χ3v) is 3.01. The summed E-state index contributed by atoms with van der Waals surface area (Å²) in [5.74, 6) is -4.98. The number of carbonyl (C=O) groups is 1. The molecule has 0 aliphatic rings. The van der Waals surface area contributed by atoms with E-state index in [1.165, 1.54) is 6.07 Å². The zero-order chi connectivity index (χ0) is 15.6. The molecule has 0 radical (unpaired) electrons. The van der Waals surface area contributed by atoms with Gasteiger partial charge in [0.05, 0.1) is 5.56 Å². The molecule has 2 aromatic rings. The number of halogens is 5. The van der Waals surface area contributed by atoms with Crippen LogP contribution in [0.1, 0.15) is 21.5 Å². The summed E-state index contributed by atoms with van der Waals surface area (Å²) in [6.45, 7) is 0. The lowest BCUT2D eigenvalue weighted by atomic mass is 10.0. The van der Waals surface area contributed by atoms with Crippen LogP contribution in [0.15, 0.2) is 30.3 Å². The van der Waals surface area contributed by atoms with Crippen LogP contribution in [0.25, 0.3) is 0 Å². The van der Waals surface area contributed by atoms with Crippen molar-refractivity contribution >= 4 is 6.04 Å². The minimum Gasteiger partial charge on any atom is -0.255 e. The maximum absolute atomic E-state index is 13.6. The van der Waals surface area contributed by atoms with Crippen molar-refractivity contribution < 1.29 is 26.7 Å². The van der Waals surface area contributed by atoms with Gasteiger partial charge in [0.2, 0.25) is 0 Å². The van der Waals surface area contributed by atoms with E-state index in [0.717, 1.165) is 24.3 Å². The number of rotatable bonds is 4. The van der Waals surface area contributed by atoms with Gasteiger partial charge in [0.1, 0.15) is 5.82 Å². The highest BCUT2D eigenvalue weighted by Crippen LogP contribution is 2.17. The van der Waals surface area contributed by atoms with Crippen LogP contribution in [0.4, 0.5) is 22.0 Å². The Morgan fingerprint density at radius 3 is 2.00 bits per heavy atom. The van der Waals surface area contributed by atoms with Crippen LogP contribution in [0.5, 0.6) is 0 Å². The molecule has 2 rings (SSSR count). The Bertz CT molecular complexity index is 673. The van der Waals surface area contributed by atoms with Gasteiger partial charge >= 0.3 is 6.04 Å². The summed E-state index contributed by atoms with van der Waals surface area (Å²) >= 11 is 0. The van der Waals surface area contributed by atoms with Gasteiger partial charge in [0.15, 0.2) is 17.5 Å². The minimum atomic E-state index is -1.75. The summed E-state index contributed by atoms with van der Waals surface area (Å²) in [5.41, 5.74) is -0.0864. The van der Waals surface area contributed by atoms with E-state index in [0.29, 0.717) is 0 Å². The second-order valence-electron chi connectivity index (χ2n) is 4.45. The average Bonchev–Trinajstić information content (AvgIpc) is 2.43. The van der Waals surface area contributed by atoms with Crippen molar-refractivity contribution in [3.8, 4) is 0 Å². The van der Waals surface area contributed by atoms with Gasteiger partial charge in [-0.15, -0.1) is 0 Å². The molecule has 0 spiro atoms. The predicted molar refractivity (Wildman–Crippen MR) is 65.6 cm³/mol. The highest BCUT2D eigenvalue weighted by Gasteiger charge is 2.12. The molecular weight excluding hydrogens is 291 g/mol. The fourth-order valence-electron chi connectivity index (χ4n) is 1.90. The second kappa shape index (κ2) is 6.03. The summed E-state index contributed by atoms with van der Waals surface area (Å²) in [6.07, 6.45) is 0.130. The highest BCUT2D eigenvalue weighted by molar-refractivity contribution is 5.88. The molecule has 110 valence electrons. The molecule has 21 heavy (non-hydrogen) atoms. The third kappa shape index (κ3) is 3.45. The molecule has 1 nitrogen and oxygen atoms in total. The minimum absolute atomic E-state index is 0.0635. The van der Waals surface area contributed by atoms with Gasteiger partial charge in [-0.3, -0.25) is 4.79 Å². The quantitative estimate of drug-likeness (QED) is 0.471. The molecule has 0 aromatic heterocycles. The first-order valence-corrected chi connectivity index (χ1v) is 6.00. The summed E-state index contributed by atoms with van der Waals surface area (Å²) < 4.78 is 64.8. The van der Waals surface area contributed by atoms with E-state index in [-0.39, 0.29) is 24.0 Å². The number of aryl methyl sites for hydroxylation is 2. The van der Waals surface area contributed by atoms with E-state index in [1.807, 2.05) is 0 Å². The molecule has 0 aliphatic carbocycles. The van der Waals surface area contributed by atoms with Gasteiger partial charge in [-0.25, -0.2) is 17.6 Å². The number of hydrogen-bond acceptors (Lipinski definition) is 1. The molecule has 0 amide bonds. The second-order valence-corrected chi connectivity index (χ2v) is 4.45. The van der Waals surface area contributed by atoms with Gasteiger partial charge in [-0.1, -0.05) is 6.07 Å². The Balaban J connectivity index is 2.15. The molecule has 0 heterocycles. The lowest BCUT2D eigenvalue weighted by molar-refractivity contribution is 0.0835. The maximum atomic E-state index is 13.6. The molecule has 0 saturated carbocycles. The number of carbonyl (C=O) groups excluding carboxylic acids is 1. The van der Waals surface area contributed by atoms with E-state index in [9.17, 15) is 26.7 Å². The summed E-state index contributed by atoms with van der Waals surface area (Å²) in [4.78, 5) is 10.4. The van der Waals surface area contributed by atoms with Crippen LogP contribution in [0.2, 0.25) is 0 Å². The van der Waals surface area contributed by atoms with Crippen LogP contribution >= 0.6 is 0 Å². The van der Waals surface area contributed by atoms with Crippen molar-refractivity contribution in [2.75, 3.05) is 0 Å². The Hall–Kier alpha value is -2.24. The fraction of sp³-hybridized carbons (Fsp3) is 0.133. The molecule has 2 aromatic carbocycles. The van der Waals surface area contributed by atoms with Crippen LogP contribution in [0.3, 0.4) is 0 Å². The van der Waals surface area contributed by atoms with Gasteiger partial charge in [0, 0.05) is 0 Å². The molecule has 0 bridgehead atoms. The van der Waals surface area contributed by atoms with Gasteiger partial charge < -0.3 is 0 Å². The van der Waals surface area contributed by atoms with Crippen LogP contribution in [-0.2, 0) is 12.8 Å². The maximum Gasteiger partial charge on any atom is 0.332 e. The monoisotopic (exact) mass is 300 g/mol. The first-order valence-electron chi connectivity index (χ1n) is 6.00. The van der Waals surface area contributed by atoms with Crippen LogP contribution in [-0.4, -0.2) is 6.04 Å². The van der Waals surface area contributed by atoms with E-state index in [4.69, 9.17) is 0 Å². The van der Waals surface area contributed by atoms with Crippen molar-refractivity contribution in [3.63, 3.8) is 0 Å². The summed E-state index contributed by atoms with van der Waals surface area (Å²) in [6, 6.07) is 3.00. The first kappa shape index (κ1) is 15.2. The lowest BCUT2D eigenvalue weighted by Gasteiger charge is -2.06. The van der Waals surface area contributed by atoms with Gasteiger partial charge in [-0.2, -0.15) is 4.39 Å². The zero-order valence-electron chi connectivity index (χ0n) is 10.6. The SMILES string of the molecule is O=C(F)c1ccc(CCc2cc(F)c(F)c(F)c2)c(F)c1. The van der Waals surface area contributed by atoms with Crippen LogP contribution < -0.4 is 0 Å². The van der Waals surface area contributed by atoms with Crippen molar-refractivity contribution in [2.24, 2.45) is 0 Å².